The molecule has 19 heavy (non-hydrogen) atoms. The van der Waals surface area contributed by atoms with Crippen LogP contribution in [0.2, 0.25) is 5.02 Å². The second-order valence-corrected chi connectivity index (χ2v) is 7.14. The van der Waals surface area contributed by atoms with Crippen LogP contribution >= 0.6 is 57.7 Å². The van der Waals surface area contributed by atoms with Crippen molar-refractivity contribution in [3.05, 3.63) is 17.2 Å². The zero-order valence-electron chi connectivity index (χ0n) is 9.34. The van der Waals surface area contributed by atoms with Crippen LogP contribution in [0.5, 0.6) is 5.75 Å². The third kappa shape index (κ3) is 3.35. The average molecular weight is 360 g/mol. The van der Waals surface area contributed by atoms with Gasteiger partial charge in [0.15, 0.2) is 5.13 Å². The number of rotatable bonds is 2. The van der Waals surface area contributed by atoms with Gasteiger partial charge in [-0.05, 0) is 6.07 Å². The van der Waals surface area contributed by atoms with E-state index in [1.165, 1.54) is 18.4 Å². The van der Waals surface area contributed by atoms with E-state index in [9.17, 15) is 4.79 Å². The summed E-state index contributed by atoms with van der Waals surface area (Å²) < 4.78 is 3.85. The Balaban J connectivity index is 2.34. The van der Waals surface area contributed by atoms with Crippen LogP contribution in [0.1, 0.15) is 0 Å². The van der Waals surface area contributed by atoms with Crippen molar-refractivity contribution in [3.8, 4) is 5.75 Å². The first kappa shape index (κ1) is 14.9. The first-order chi connectivity index (χ1) is 8.81. The van der Waals surface area contributed by atoms with Gasteiger partial charge in [-0.25, -0.2) is 4.98 Å². The number of aromatic nitrogens is 1. The lowest BCUT2D eigenvalue weighted by molar-refractivity contribution is -0.115. The molecule has 4 nitrogen and oxygen atoms in total. The highest BCUT2D eigenvalue weighted by atomic mass is 35.6. The van der Waals surface area contributed by atoms with Gasteiger partial charge in [0, 0.05) is 6.07 Å². The number of amides is 1. The highest BCUT2D eigenvalue weighted by Gasteiger charge is 2.31. The fraction of sp³-hybridized carbons (Fsp3) is 0.200. The number of ether oxygens (including phenoxy) is 1. The lowest BCUT2D eigenvalue weighted by atomic mass is 10.3. The van der Waals surface area contributed by atoms with Crippen molar-refractivity contribution < 1.29 is 9.53 Å². The Bertz CT molecular complexity index is 638. The molecule has 0 saturated carbocycles. The molecule has 0 radical (unpaired) electrons. The van der Waals surface area contributed by atoms with E-state index in [0.29, 0.717) is 21.4 Å². The summed E-state index contributed by atoms with van der Waals surface area (Å²) in [5.74, 6) is -0.244. The summed E-state index contributed by atoms with van der Waals surface area (Å²) in [6, 6.07) is 3.36. The number of benzene rings is 1. The summed E-state index contributed by atoms with van der Waals surface area (Å²) in [7, 11) is 1.51. The smallest absolute Gasteiger partial charge is 0.278 e. The summed E-state index contributed by atoms with van der Waals surface area (Å²) in [5, 5.41) is 3.16. The van der Waals surface area contributed by atoms with Crippen LogP contribution < -0.4 is 10.1 Å². The van der Waals surface area contributed by atoms with Crippen molar-refractivity contribution in [2.24, 2.45) is 0 Å². The number of nitrogens with zero attached hydrogens (tertiary/aromatic N) is 1. The van der Waals surface area contributed by atoms with E-state index in [2.05, 4.69) is 10.3 Å². The highest BCUT2D eigenvalue weighted by molar-refractivity contribution is 7.22. The molecule has 1 heterocycles. The standard InChI is InChI=1S/C10H6Cl4N2O2S/c1-18-6-3-7-5(2-4(6)11)15-9(19-7)16-8(17)10(12,13)14/h2-3H,1H3,(H,15,16,17). The minimum Gasteiger partial charge on any atom is -0.495 e. The third-order valence-electron chi connectivity index (χ3n) is 2.14. The number of carbonyl (C=O) groups excluding carboxylic acids is 1. The quantitative estimate of drug-likeness (QED) is 0.814. The van der Waals surface area contributed by atoms with Crippen LogP contribution in [0.25, 0.3) is 10.2 Å². The molecule has 1 aromatic carbocycles. The van der Waals surface area contributed by atoms with Crippen LogP contribution in [-0.2, 0) is 4.79 Å². The van der Waals surface area contributed by atoms with Crippen molar-refractivity contribution in [3.63, 3.8) is 0 Å². The molecule has 0 aliphatic carbocycles. The van der Waals surface area contributed by atoms with E-state index >= 15 is 0 Å². The fourth-order valence-electron chi connectivity index (χ4n) is 1.31. The normalized spacial score (nSPS) is 11.6. The molecule has 0 unspecified atom stereocenters. The average Bonchev–Trinajstić information content (AvgIpc) is 2.67. The Kier molecular flexibility index (Phi) is 4.32. The van der Waals surface area contributed by atoms with Crippen LogP contribution in [0.4, 0.5) is 5.13 Å². The fourth-order valence-corrected chi connectivity index (χ4v) is 2.56. The molecule has 0 atom stereocenters. The topological polar surface area (TPSA) is 51.2 Å². The van der Waals surface area contributed by atoms with E-state index in [1.54, 1.807) is 12.1 Å². The summed E-state index contributed by atoms with van der Waals surface area (Å²) >= 11 is 23.6. The van der Waals surface area contributed by atoms with Crippen molar-refractivity contribution in [1.82, 2.24) is 4.98 Å². The van der Waals surface area contributed by atoms with Gasteiger partial charge in [0.2, 0.25) is 0 Å². The van der Waals surface area contributed by atoms with Gasteiger partial charge in [0.05, 0.1) is 22.3 Å². The summed E-state index contributed by atoms with van der Waals surface area (Å²) in [6.45, 7) is 0. The first-order valence-electron chi connectivity index (χ1n) is 4.83. The lowest BCUT2D eigenvalue weighted by Crippen LogP contribution is -2.26. The molecule has 0 bridgehead atoms. The van der Waals surface area contributed by atoms with Crippen molar-refractivity contribution in [2.45, 2.75) is 3.79 Å². The van der Waals surface area contributed by atoms with Gasteiger partial charge in [-0.2, -0.15) is 0 Å². The van der Waals surface area contributed by atoms with Gasteiger partial charge >= 0.3 is 0 Å². The molecule has 1 amide bonds. The van der Waals surface area contributed by atoms with Crippen molar-refractivity contribution in [1.29, 1.82) is 0 Å². The molecular weight excluding hydrogens is 354 g/mol. The summed E-state index contributed by atoms with van der Waals surface area (Å²) in [6.07, 6.45) is 0. The maximum absolute atomic E-state index is 11.5. The Morgan fingerprint density at radius 2 is 2.11 bits per heavy atom. The number of thiazole rings is 1. The molecule has 0 saturated heterocycles. The SMILES string of the molecule is COc1cc2sc(NC(=O)C(Cl)(Cl)Cl)nc2cc1Cl. The van der Waals surface area contributed by atoms with Crippen LogP contribution in [0.3, 0.4) is 0 Å². The minimum atomic E-state index is -2.03. The number of hydrogen-bond acceptors (Lipinski definition) is 4. The predicted octanol–water partition coefficient (Wildman–Crippen LogP) is 4.27. The van der Waals surface area contributed by atoms with Gasteiger partial charge in [0.1, 0.15) is 5.75 Å². The first-order valence-corrected chi connectivity index (χ1v) is 7.16. The molecule has 9 heteroatoms. The number of carbonyl (C=O) groups is 1. The maximum Gasteiger partial charge on any atom is 0.278 e. The lowest BCUT2D eigenvalue weighted by Gasteiger charge is -2.08. The van der Waals surface area contributed by atoms with Crippen molar-refractivity contribution >= 4 is 79.0 Å². The molecule has 0 aliphatic heterocycles. The minimum absolute atomic E-state index is 0.315. The number of alkyl halides is 3. The van der Waals surface area contributed by atoms with E-state index in [-0.39, 0.29) is 0 Å². The Hall–Kier alpha value is -0.460. The number of nitrogens with one attached hydrogen (secondary N) is 1. The molecule has 2 aromatic rings. The van der Waals surface area contributed by atoms with Crippen LogP contribution in [0.15, 0.2) is 12.1 Å². The number of halogens is 4. The molecule has 1 aromatic heterocycles. The molecule has 0 spiro atoms. The number of methoxy groups -OCH3 is 1. The monoisotopic (exact) mass is 358 g/mol. The van der Waals surface area contributed by atoms with Crippen LogP contribution in [-0.4, -0.2) is 21.8 Å². The van der Waals surface area contributed by atoms with Crippen molar-refractivity contribution in [2.75, 3.05) is 12.4 Å². The third-order valence-corrected chi connectivity index (χ3v) is 3.88. The van der Waals surface area contributed by atoms with E-state index < -0.39 is 9.70 Å². The predicted molar refractivity (Wildman–Crippen MR) is 80.1 cm³/mol. The number of anilines is 1. The van der Waals surface area contributed by atoms with E-state index in [4.69, 9.17) is 51.1 Å². The van der Waals surface area contributed by atoms with Crippen LogP contribution in [0, 0.1) is 0 Å². The number of fused-ring (bicyclic) bond motifs is 1. The second-order valence-electron chi connectivity index (χ2n) is 3.43. The zero-order chi connectivity index (χ0) is 14.2. The summed E-state index contributed by atoms with van der Waals surface area (Å²) in [5.41, 5.74) is 0.621. The summed E-state index contributed by atoms with van der Waals surface area (Å²) in [4.78, 5) is 15.7. The van der Waals surface area contributed by atoms with E-state index in [1.807, 2.05) is 0 Å². The second kappa shape index (κ2) is 5.50. The molecule has 1 N–H and O–H groups in total. The Morgan fingerprint density at radius 1 is 1.42 bits per heavy atom. The Morgan fingerprint density at radius 3 is 2.68 bits per heavy atom. The molecule has 2 rings (SSSR count). The number of hydrogen-bond donors (Lipinski definition) is 1. The molecule has 0 fully saturated rings. The molecule has 0 aliphatic rings. The molecule has 102 valence electrons. The van der Waals surface area contributed by atoms with Gasteiger partial charge in [-0.15, -0.1) is 0 Å². The highest BCUT2D eigenvalue weighted by Crippen LogP contribution is 2.35. The maximum atomic E-state index is 11.5. The van der Waals surface area contributed by atoms with Gasteiger partial charge in [-0.1, -0.05) is 57.7 Å². The molecular formula is C10H6Cl4N2O2S. The Labute approximate surface area is 132 Å². The largest absolute Gasteiger partial charge is 0.495 e. The van der Waals surface area contributed by atoms with E-state index in [0.717, 1.165) is 4.70 Å². The van der Waals surface area contributed by atoms with Gasteiger partial charge in [0.25, 0.3) is 9.70 Å². The van der Waals surface area contributed by atoms with Gasteiger partial charge in [-0.3, -0.25) is 10.1 Å². The zero-order valence-corrected chi connectivity index (χ0v) is 13.2. The van der Waals surface area contributed by atoms with Gasteiger partial charge < -0.3 is 4.74 Å².